The first-order chi connectivity index (χ1) is 12.7. The van der Waals surface area contributed by atoms with Gasteiger partial charge in [-0.15, -0.1) is 0 Å². The van der Waals surface area contributed by atoms with Crippen molar-refractivity contribution in [1.82, 2.24) is 14.3 Å². The SMILES string of the molecule is CCOc1ccc(C2CCCN2C(=O)c2cn3cc(Cl)ccc3n2)cc1. The molecule has 1 unspecified atom stereocenters. The summed E-state index contributed by atoms with van der Waals surface area (Å²) in [5, 5.41) is 0.613. The van der Waals surface area contributed by atoms with Gasteiger partial charge in [-0.1, -0.05) is 23.7 Å². The minimum atomic E-state index is -0.0405. The molecule has 0 N–H and O–H groups in total. The van der Waals surface area contributed by atoms with E-state index in [0.29, 0.717) is 17.3 Å². The summed E-state index contributed by atoms with van der Waals surface area (Å²) in [7, 11) is 0. The molecule has 0 radical (unpaired) electrons. The van der Waals surface area contributed by atoms with Gasteiger partial charge in [0.15, 0.2) is 0 Å². The van der Waals surface area contributed by atoms with Crippen LogP contribution in [-0.4, -0.2) is 33.3 Å². The van der Waals surface area contributed by atoms with Crippen LogP contribution >= 0.6 is 11.6 Å². The van der Waals surface area contributed by atoms with E-state index in [-0.39, 0.29) is 11.9 Å². The highest BCUT2D eigenvalue weighted by atomic mass is 35.5. The first-order valence-corrected chi connectivity index (χ1v) is 9.21. The van der Waals surface area contributed by atoms with Gasteiger partial charge in [-0.2, -0.15) is 0 Å². The van der Waals surface area contributed by atoms with Crippen molar-refractivity contribution in [2.45, 2.75) is 25.8 Å². The number of imidazole rings is 1. The van der Waals surface area contributed by atoms with E-state index >= 15 is 0 Å². The highest BCUT2D eigenvalue weighted by Crippen LogP contribution is 2.33. The number of nitrogens with zero attached hydrogens (tertiary/aromatic N) is 3. The van der Waals surface area contributed by atoms with Crippen LogP contribution in [0.1, 0.15) is 41.9 Å². The smallest absolute Gasteiger partial charge is 0.274 e. The molecule has 1 atom stereocenters. The molecule has 1 aliphatic rings. The van der Waals surface area contributed by atoms with Crippen LogP contribution in [0, 0.1) is 0 Å². The van der Waals surface area contributed by atoms with E-state index < -0.39 is 0 Å². The monoisotopic (exact) mass is 369 g/mol. The van der Waals surface area contributed by atoms with Gasteiger partial charge in [0.25, 0.3) is 5.91 Å². The minimum Gasteiger partial charge on any atom is -0.494 e. The Balaban J connectivity index is 1.59. The molecule has 1 aliphatic heterocycles. The average Bonchev–Trinajstić information content (AvgIpc) is 3.28. The van der Waals surface area contributed by atoms with Gasteiger partial charge in [0.2, 0.25) is 0 Å². The van der Waals surface area contributed by atoms with Crippen LogP contribution in [0.25, 0.3) is 5.65 Å². The third kappa shape index (κ3) is 3.15. The van der Waals surface area contributed by atoms with Gasteiger partial charge in [0, 0.05) is 18.9 Å². The largest absolute Gasteiger partial charge is 0.494 e. The number of likely N-dealkylation sites (tertiary alicyclic amines) is 1. The van der Waals surface area contributed by atoms with Crippen LogP contribution < -0.4 is 4.74 Å². The number of halogens is 1. The highest BCUT2D eigenvalue weighted by Gasteiger charge is 2.31. The van der Waals surface area contributed by atoms with Crippen molar-refractivity contribution in [1.29, 1.82) is 0 Å². The van der Waals surface area contributed by atoms with E-state index in [4.69, 9.17) is 16.3 Å². The number of aromatic nitrogens is 2. The van der Waals surface area contributed by atoms with E-state index in [1.54, 1.807) is 22.9 Å². The van der Waals surface area contributed by atoms with Gasteiger partial charge < -0.3 is 14.0 Å². The second-order valence-electron chi connectivity index (χ2n) is 6.40. The second-order valence-corrected chi connectivity index (χ2v) is 6.83. The molecule has 0 bridgehead atoms. The second kappa shape index (κ2) is 7.00. The summed E-state index contributed by atoms with van der Waals surface area (Å²) in [6, 6.07) is 11.7. The first-order valence-electron chi connectivity index (χ1n) is 8.83. The van der Waals surface area contributed by atoms with Crippen molar-refractivity contribution in [3.05, 3.63) is 65.1 Å². The summed E-state index contributed by atoms with van der Waals surface area (Å²) in [6.07, 6.45) is 5.45. The number of pyridine rings is 1. The average molecular weight is 370 g/mol. The summed E-state index contributed by atoms with van der Waals surface area (Å²) in [5.74, 6) is 0.811. The Morgan fingerprint density at radius 1 is 1.23 bits per heavy atom. The van der Waals surface area contributed by atoms with E-state index in [1.807, 2.05) is 42.2 Å². The van der Waals surface area contributed by atoms with Crippen molar-refractivity contribution in [3.8, 4) is 5.75 Å². The standard InChI is InChI=1S/C20H20ClN3O2/c1-2-26-16-8-5-14(6-9-16)18-4-3-11-24(18)20(25)17-13-23-12-15(21)7-10-19(23)22-17/h5-10,12-13,18H,2-4,11H2,1H3. The van der Waals surface area contributed by atoms with E-state index in [0.717, 1.165) is 36.3 Å². The Morgan fingerprint density at radius 3 is 2.81 bits per heavy atom. The molecule has 1 amide bonds. The Bertz CT molecular complexity index is 936. The number of amides is 1. The van der Waals surface area contributed by atoms with Crippen molar-refractivity contribution >= 4 is 23.2 Å². The predicted octanol–water partition coefficient (Wildman–Crippen LogP) is 4.36. The summed E-state index contributed by atoms with van der Waals surface area (Å²) in [4.78, 5) is 19.4. The summed E-state index contributed by atoms with van der Waals surface area (Å²) in [6.45, 7) is 3.35. The maximum absolute atomic E-state index is 13.0. The molecule has 1 fully saturated rings. The zero-order valence-corrected chi connectivity index (χ0v) is 15.3. The minimum absolute atomic E-state index is 0.0405. The lowest BCUT2D eigenvalue weighted by Gasteiger charge is -2.24. The van der Waals surface area contributed by atoms with Crippen LogP contribution in [0.5, 0.6) is 5.75 Å². The predicted molar refractivity (Wildman–Crippen MR) is 101 cm³/mol. The number of carbonyl (C=O) groups is 1. The van der Waals surface area contributed by atoms with Gasteiger partial charge >= 0.3 is 0 Å². The number of carbonyl (C=O) groups excluding carboxylic acids is 1. The number of hydrogen-bond acceptors (Lipinski definition) is 3. The fourth-order valence-electron chi connectivity index (χ4n) is 3.52. The van der Waals surface area contributed by atoms with Crippen LogP contribution in [0.15, 0.2) is 48.8 Å². The molecule has 6 heteroatoms. The van der Waals surface area contributed by atoms with E-state index in [2.05, 4.69) is 4.98 Å². The van der Waals surface area contributed by atoms with Gasteiger partial charge in [-0.25, -0.2) is 4.98 Å². The normalized spacial score (nSPS) is 17.0. The number of hydrogen-bond donors (Lipinski definition) is 0. The molecular weight excluding hydrogens is 350 g/mol. The molecule has 134 valence electrons. The number of ether oxygens (including phenoxy) is 1. The van der Waals surface area contributed by atoms with Crippen molar-refractivity contribution in [3.63, 3.8) is 0 Å². The van der Waals surface area contributed by atoms with Crippen LogP contribution in [-0.2, 0) is 0 Å². The quantitative estimate of drug-likeness (QED) is 0.686. The maximum atomic E-state index is 13.0. The van der Waals surface area contributed by atoms with E-state index in [1.165, 1.54) is 0 Å². The summed E-state index contributed by atoms with van der Waals surface area (Å²) < 4.78 is 7.30. The molecule has 26 heavy (non-hydrogen) atoms. The molecule has 3 aromatic rings. The van der Waals surface area contributed by atoms with Crippen LogP contribution in [0.4, 0.5) is 0 Å². The van der Waals surface area contributed by atoms with Crippen molar-refractivity contribution < 1.29 is 9.53 Å². The molecule has 0 aliphatic carbocycles. The van der Waals surface area contributed by atoms with Gasteiger partial charge in [0.1, 0.15) is 17.1 Å². The fourth-order valence-corrected chi connectivity index (χ4v) is 3.69. The third-order valence-electron chi connectivity index (χ3n) is 4.72. The number of rotatable bonds is 4. The Labute approximate surface area is 157 Å². The number of benzene rings is 1. The molecule has 1 saturated heterocycles. The Kier molecular flexibility index (Phi) is 4.55. The molecule has 0 spiro atoms. The van der Waals surface area contributed by atoms with Gasteiger partial charge in [-0.05, 0) is 49.6 Å². The van der Waals surface area contributed by atoms with Crippen LogP contribution in [0.2, 0.25) is 5.02 Å². The molecule has 0 saturated carbocycles. The fraction of sp³-hybridized carbons (Fsp3) is 0.300. The van der Waals surface area contributed by atoms with Crippen molar-refractivity contribution in [2.75, 3.05) is 13.2 Å². The topological polar surface area (TPSA) is 46.8 Å². The Hall–Kier alpha value is -2.53. The molecule has 2 aromatic heterocycles. The first kappa shape index (κ1) is 16.9. The molecule has 5 nitrogen and oxygen atoms in total. The molecule has 4 rings (SSSR count). The van der Waals surface area contributed by atoms with E-state index in [9.17, 15) is 4.79 Å². The summed E-state index contributed by atoms with van der Waals surface area (Å²) in [5.41, 5.74) is 2.30. The number of fused-ring (bicyclic) bond motifs is 1. The lowest BCUT2D eigenvalue weighted by Crippen LogP contribution is -2.30. The summed E-state index contributed by atoms with van der Waals surface area (Å²) >= 11 is 6.02. The molecule has 3 heterocycles. The third-order valence-corrected chi connectivity index (χ3v) is 4.95. The highest BCUT2D eigenvalue weighted by molar-refractivity contribution is 6.30. The molecular formula is C20H20ClN3O2. The van der Waals surface area contributed by atoms with Crippen molar-refractivity contribution in [2.24, 2.45) is 0 Å². The molecule has 1 aromatic carbocycles. The lowest BCUT2D eigenvalue weighted by atomic mass is 10.0. The van der Waals surface area contributed by atoms with Gasteiger partial charge in [0.05, 0.1) is 17.7 Å². The van der Waals surface area contributed by atoms with Gasteiger partial charge in [-0.3, -0.25) is 4.79 Å². The maximum Gasteiger partial charge on any atom is 0.274 e. The van der Waals surface area contributed by atoms with Crippen LogP contribution in [0.3, 0.4) is 0 Å². The zero-order chi connectivity index (χ0) is 18.1. The Morgan fingerprint density at radius 2 is 2.04 bits per heavy atom. The lowest BCUT2D eigenvalue weighted by molar-refractivity contribution is 0.0730. The zero-order valence-electron chi connectivity index (χ0n) is 14.6.